The molecule has 0 aliphatic heterocycles. The Kier molecular flexibility index (Phi) is 5.10. The van der Waals surface area contributed by atoms with Gasteiger partial charge in [-0.05, 0) is 42.7 Å². The molecule has 4 nitrogen and oxygen atoms in total. The molecule has 3 N–H and O–H groups in total. The summed E-state index contributed by atoms with van der Waals surface area (Å²) in [5.41, 5.74) is 6.50. The van der Waals surface area contributed by atoms with Gasteiger partial charge >= 0.3 is 0 Å². The SMILES string of the molecule is CC(C)COc1nc(NCC2CCC(C)C2)ccc1N. The number of nitrogens with two attached hydrogens (primary N) is 1. The normalized spacial score (nSPS) is 22.2. The van der Waals surface area contributed by atoms with Gasteiger partial charge in [0, 0.05) is 6.54 Å². The lowest BCUT2D eigenvalue weighted by molar-refractivity contribution is 0.263. The van der Waals surface area contributed by atoms with Gasteiger partial charge in [-0.1, -0.05) is 27.2 Å². The molecule has 112 valence electrons. The van der Waals surface area contributed by atoms with E-state index in [4.69, 9.17) is 10.5 Å². The molecule has 1 saturated carbocycles. The molecule has 0 spiro atoms. The zero-order chi connectivity index (χ0) is 14.5. The summed E-state index contributed by atoms with van der Waals surface area (Å²) in [5, 5.41) is 3.42. The van der Waals surface area contributed by atoms with E-state index in [0.29, 0.717) is 24.1 Å². The van der Waals surface area contributed by atoms with Gasteiger partial charge in [0.15, 0.2) is 0 Å². The Balaban J connectivity index is 1.89. The van der Waals surface area contributed by atoms with Crippen LogP contribution in [0.5, 0.6) is 5.88 Å². The zero-order valence-electron chi connectivity index (χ0n) is 12.9. The second kappa shape index (κ2) is 6.82. The van der Waals surface area contributed by atoms with E-state index in [2.05, 4.69) is 31.1 Å². The molecule has 0 aromatic carbocycles. The topological polar surface area (TPSA) is 60.2 Å². The van der Waals surface area contributed by atoms with Crippen LogP contribution < -0.4 is 15.8 Å². The molecule has 1 aromatic rings. The Morgan fingerprint density at radius 3 is 2.85 bits per heavy atom. The number of hydrogen-bond donors (Lipinski definition) is 2. The summed E-state index contributed by atoms with van der Waals surface area (Å²) in [5.74, 6) is 3.50. The van der Waals surface area contributed by atoms with E-state index >= 15 is 0 Å². The third-order valence-electron chi connectivity index (χ3n) is 3.82. The van der Waals surface area contributed by atoms with E-state index in [1.54, 1.807) is 0 Å². The maximum absolute atomic E-state index is 5.90. The Morgan fingerprint density at radius 1 is 1.40 bits per heavy atom. The van der Waals surface area contributed by atoms with Crippen LogP contribution in [0.3, 0.4) is 0 Å². The lowest BCUT2D eigenvalue weighted by atomic mass is 10.1. The minimum Gasteiger partial charge on any atom is -0.476 e. The van der Waals surface area contributed by atoms with Crippen molar-refractivity contribution in [3.8, 4) is 5.88 Å². The molecule has 4 heteroatoms. The van der Waals surface area contributed by atoms with Gasteiger partial charge in [-0.3, -0.25) is 0 Å². The molecular formula is C16H27N3O. The van der Waals surface area contributed by atoms with Crippen molar-refractivity contribution in [2.45, 2.75) is 40.0 Å². The lowest BCUT2D eigenvalue weighted by Crippen LogP contribution is -2.13. The zero-order valence-corrected chi connectivity index (χ0v) is 12.9. The van der Waals surface area contributed by atoms with Crippen molar-refractivity contribution in [2.24, 2.45) is 17.8 Å². The van der Waals surface area contributed by atoms with Gasteiger partial charge in [-0.2, -0.15) is 4.98 Å². The number of nitrogens with zero attached hydrogens (tertiary/aromatic N) is 1. The number of nitrogens with one attached hydrogen (secondary N) is 1. The maximum Gasteiger partial charge on any atom is 0.239 e. The summed E-state index contributed by atoms with van der Waals surface area (Å²) in [4.78, 5) is 4.47. The van der Waals surface area contributed by atoms with Crippen molar-refractivity contribution in [2.75, 3.05) is 24.2 Å². The van der Waals surface area contributed by atoms with E-state index in [0.717, 1.165) is 24.2 Å². The summed E-state index contributed by atoms with van der Waals surface area (Å²) in [7, 11) is 0. The number of anilines is 2. The Labute approximate surface area is 122 Å². The van der Waals surface area contributed by atoms with Gasteiger partial charge in [0.2, 0.25) is 5.88 Å². The third kappa shape index (κ3) is 4.29. The number of hydrogen-bond acceptors (Lipinski definition) is 4. The van der Waals surface area contributed by atoms with E-state index in [1.807, 2.05) is 12.1 Å². The molecular weight excluding hydrogens is 250 g/mol. The Bertz CT molecular complexity index is 434. The molecule has 0 bridgehead atoms. The molecule has 2 unspecified atom stereocenters. The van der Waals surface area contributed by atoms with E-state index in [1.165, 1.54) is 19.3 Å². The smallest absolute Gasteiger partial charge is 0.239 e. The van der Waals surface area contributed by atoms with Crippen LogP contribution >= 0.6 is 0 Å². The monoisotopic (exact) mass is 277 g/mol. The summed E-state index contributed by atoms with van der Waals surface area (Å²) in [6, 6.07) is 3.79. The largest absolute Gasteiger partial charge is 0.476 e. The standard InChI is InChI=1S/C16H27N3O/c1-11(2)10-20-16-14(17)6-7-15(19-16)18-9-13-5-4-12(3)8-13/h6-7,11-13H,4-5,8-10,17H2,1-3H3,(H,18,19). The molecule has 1 aliphatic carbocycles. The van der Waals surface area contributed by atoms with Crippen LogP contribution in [-0.2, 0) is 0 Å². The van der Waals surface area contributed by atoms with Gasteiger partial charge in [0.05, 0.1) is 12.3 Å². The molecule has 2 atom stereocenters. The van der Waals surface area contributed by atoms with Gasteiger partial charge in [0.1, 0.15) is 5.82 Å². The average molecular weight is 277 g/mol. The van der Waals surface area contributed by atoms with Gasteiger partial charge < -0.3 is 15.8 Å². The number of ether oxygens (including phenoxy) is 1. The number of pyridine rings is 1. The van der Waals surface area contributed by atoms with Gasteiger partial charge in [-0.15, -0.1) is 0 Å². The van der Waals surface area contributed by atoms with Gasteiger partial charge in [0.25, 0.3) is 0 Å². The molecule has 0 radical (unpaired) electrons. The Morgan fingerprint density at radius 2 is 2.20 bits per heavy atom. The molecule has 0 amide bonds. The fraction of sp³-hybridized carbons (Fsp3) is 0.688. The van der Waals surface area contributed by atoms with Crippen molar-refractivity contribution in [3.63, 3.8) is 0 Å². The van der Waals surface area contributed by atoms with E-state index in [-0.39, 0.29) is 0 Å². The molecule has 0 saturated heterocycles. The van der Waals surface area contributed by atoms with Crippen molar-refractivity contribution < 1.29 is 4.74 Å². The summed E-state index contributed by atoms with van der Waals surface area (Å²) >= 11 is 0. The number of nitrogen functional groups attached to an aromatic ring is 1. The van der Waals surface area contributed by atoms with E-state index in [9.17, 15) is 0 Å². The molecule has 2 rings (SSSR count). The minimum absolute atomic E-state index is 0.466. The van der Waals surface area contributed by atoms with Crippen molar-refractivity contribution in [1.29, 1.82) is 0 Å². The second-order valence-electron chi connectivity index (χ2n) is 6.46. The van der Waals surface area contributed by atoms with Crippen LogP contribution in [0.15, 0.2) is 12.1 Å². The predicted octanol–water partition coefficient (Wildman–Crippen LogP) is 3.55. The average Bonchev–Trinajstić information content (AvgIpc) is 2.82. The van der Waals surface area contributed by atoms with Crippen LogP contribution in [0.25, 0.3) is 0 Å². The lowest BCUT2D eigenvalue weighted by Gasteiger charge is -2.14. The third-order valence-corrected chi connectivity index (χ3v) is 3.82. The first-order valence-electron chi connectivity index (χ1n) is 7.67. The quantitative estimate of drug-likeness (QED) is 0.835. The van der Waals surface area contributed by atoms with Gasteiger partial charge in [-0.25, -0.2) is 0 Å². The highest BCUT2D eigenvalue weighted by Gasteiger charge is 2.21. The molecule has 20 heavy (non-hydrogen) atoms. The van der Waals surface area contributed by atoms with Crippen LogP contribution in [0, 0.1) is 17.8 Å². The van der Waals surface area contributed by atoms with Crippen LogP contribution in [-0.4, -0.2) is 18.1 Å². The summed E-state index contributed by atoms with van der Waals surface area (Å²) in [6.45, 7) is 8.18. The predicted molar refractivity (Wildman–Crippen MR) is 84.0 cm³/mol. The summed E-state index contributed by atoms with van der Waals surface area (Å²) in [6.07, 6.45) is 3.99. The number of aromatic nitrogens is 1. The second-order valence-corrected chi connectivity index (χ2v) is 6.46. The van der Waals surface area contributed by atoms with Crippen LogP contribution in [0.1, 0.15) is 40.0 Å². The first kappa shape index (κ1) is 14.9. The molecule has 1 heterocycles. The Hall–Kier alpha value is -1.45. The fourth-order valence-corrected chi connectivity index (χ4v) is 2.67. The van der Waals surface area contributed by atoms with Crippen LogP contribution in [0.2, 0.25) is 0 Å². The van der Waals surface area contributed by atoms with Crippen molar-refractivity contribution in [3.05, 3.63) is 12.1 Å². The first-order chi connectivity index (χ1) is 9.54. The molecule has 1 fully saturated rings. The minimum atomic E-state index is 0.466. The number of rotatable bonds is 6. The fourth-order valence-electron chi connectivity index (χ4n) is 2.67. The molecule has 1 aliphatic rings. The first-order valence-corrected chi connectivity index (χ1v) is 7.67. The highest BCUT2D eigenvalue weighted by atomic mass is 16.5. The maximum atomic E-state index is 5.90. The van der Waals surface area contributed by atoms with E-state index < -0.39 is 0 Å². The van der Waals surface area contributed by atoms with Crippen LogP contribution in [0.4, 0.5) is 11.5 Å². The summed E-state index contributed by atoms with van der Waals surface area (Å²) < 4.78 is 5.65. The highest BCUT2D eigenvalue weighted by molar-refractivity contribution is 5.53. The molecule has 1 aromatic heterocycles. The highest BCUT2D eigenvalue weighted by Crippen LogP contribution is 2.30. The van der Waals surface area contributed by atoms with Crippen molar-refractivity contribution in [1.82, 2.24) is 4.98 Å². The van der Waals surface area contributed by atoms with Crippen molar-refractivity contribution >= 4 is 11.5 Å².